The zero-order valence-corrected chi connectivity index (χ0v) is 22.8. The van der Waals surface area contributed by atoms with Crippen LogP contribution < -0.4 is 9.47 Å². The quantitative estimate of drug-likeness (QED) is 0.212. The summed E-state index contributed by atoms with van der Waals surface area (Å²) in [5.74, 6) is -0.384. The Labute approximate surface area is 220 Å². The van der Waals surface area contributed by atoms with Gasteiger partial charge in [-0.15, -0.1) is 24.9 Å². The second-order valence-corrected chi connectivity index (χ2v) is 11.4. The number of esters is 1. The van der Waals surface area contributed by atoms with E-state index in [1.54, 1.807) is 13.0 Å². The summed E-state index contributed by atoms with van der Waals surface area (Å²) in [6.45, 7) is 7.96. The van der Waals surface area contributed by atoms with Crippen LogP contribution in [0.3, 0.4) is 0 Å². The van der Waals surface area contributed by atoms with E-state index in [4.69, 9.17) is 9.47 Å². The number of carbonyl (C=O) groups excluding carboxylic acids is 1. The molecule has 0 aliphatic heterocycles. The molecule has 0 saturated heterocycles. The molecule has 2 aromatic rings. The third-order valence-electron chi connectivity index (χ3n) is 5.13. The largest absolute Gasteiger partial charge is 0.573 e. The number of sulfonamides is 1. The fourth-order valence-corrected chi connectivity index (χ4v) is 6.26. The number of thioether (sulfide) groups is 1. The Morgan fingerprint density at radius 2 is 1.76 bits per heavy atom. The Hall–Kier alpha value is -2.44. The number of ether oxygens (including phenoxy) is 3. The number of carbonyl (C=O) groups is 1. The number of nitrogens with zero attached hydrogens (tertiary/aromatic N) is 1. The molecule has 0 unspecified atom stereocenters. The molecule has 7 nitrogen and oxygen atoms in total. The van der Waals surface area contributed by atoms with E-state index in [1.807, 2.05) is 32.9 Å². The summed E-state index contributed by atoms with van der Waals surface area (Å²) in [6, 6.07) is 9.73. The standard InChI is InChI=1S/C25H32F3NO6S2/c1-5-14-29(37(31,32)22-11-8-19(9-12-22)35-25(26,27)28)16-20(6-2)36-21-10-13-23(18(4)15-21)34-17-24(30)33-7-3/h8-13,15,20H,5-7,14,16-17H2,1-4H3/t20-/m1/s1. The maximum Gasteiger partial charge on any atom is 0.573 e. The predicted molar refractivity (Wildman–Crippen MR) is 135 cm³/mol. The van der Waals surface area contributed by atoms with Crippen LogP contribution in [-0.2, 0) is 19.6 Å². The summed E-state index contributed by atoms with van der Waals surface area (Å²) >= 11 is 1.52. The van der Waals surface area contributed by atoms with Gasteiger partial charge in [-0.1, -0.05) is 13.8 Å². The smallest absolute Gasteiger partial charge is 0.482 e. The SMILES string of the molecule is CCCN(C[C@@H](CC)Sc1ccc(OCC(=O)OCC)c(C)c1)S(=O)(=O)c1ccc(OC(F)(F)F)cc1. The van der Waals surface area contributed by atoms with Crippen molar-refractivity contribution in [3.05, 3.63) is 48.0 Å². The van der Waals surface area contributed by atoms with E-state index in [1.165, 1.54) is 16.1 Å². The van der Waals surface area contributed by atoms with Crippen LogP contribution in [0, 0.1) is 6.92 Å². The monoisotopic (exact) mass is 563 g/mol. The molecule has 37 heavy (non-hydrogen) atoms. The molecule has 12 heteroatoms. The number of benzene rings is 2. The van der Waals surface area contributed by atoms with Crippen LogP contribution in [0.2, 0.25) is 0 Å². The van der Waals surface area contributed by atoms with Crippen LogP contribution in [0.1, 0.15) is 39.2 Å². The molecule has 0 bridgehead atoms. The Balaban J connectivity index is 2.13. The number of rotatable bonds is 14. The van der Waals surface area contributed by atoms with Gasteiger partial charge in [0.1, 0.15) is 11.5 Å². The molecule has 1 atom stereocenters. The van der Waals surface area contributed by atoms with Crippen molar-refractivity contribution in [1.82, 2.24) is 4.31 Å². The average Bonchev–Trinajstić information content (AvgIpc) is 2.82. The van der Waals surface area contributed by atoms with Crippen LogP contribution in [0.15, 0.2) is 52.3 Å². The van der Waals surface area contributed by atoms with Gasteiger partial charge in [0.2, 0.25) is 10.0 Å². The summed E-state index contributed by atoms with van der Waals surface area (Å²) in [7, 11) is -3.94. The zero-order valence-electron chi connectivity index (χ0n) is 21.2. The normalized spacial score (nSPS) is 12.9. The molecule has 0 amide bonds. The first kappa shape index (κ1) is 30.8. The van der Waals surface area contributed by atoms with Crippen molar-refractivity contribution in [3.8, 4) is 11.5 Å². The summed E-state index contributed by atoms with van der Waals surface area (Å²) in [6.07, 6.45) is -3.61. The first-order valence-electron chi connectivity index (χ1n) is 11.8. The highest BCUT2D eigenvalue weighted by Crippen LogP contribution is 2.32. The maximum atomic E-state index is 13.3. The van der Waals surface area contributed by atoms with Crippen LogP contribution in [0.25, 0.3) is 0 Å². The second-order valence-electron chi connectivity index (χ2n) is 8.05. The molecule has 0 fully saturated rings. The van der Waals surface area contributed by atoms with Gasteiger partial charge in [0.15, 0.2) is 6.61 Å². The lowest BCUT2D eigenvalue weighted by Gasteiger charge is -2.26. The summed E-state index contributed by atoms with van der Waals surface area (Å²) in [5, 5.41) is -0.0835. The molecule has 0 aliphatic carbocycles. The molecule has 2 rings (SSSR count). The zero-order chi connectivity index (χ0) is 27.6. The lowest BCUT2D eigenvalue weighted by atomic mass is 10.2. The highest BCUT2D eigenvalue weighted by Gasteiger charge is 2.32. The average molecular weight is 564 g/mol. The molecule has 0 N–H and O–H groups in total. The van der Waals surface area contributed by atoms with Gasteiger partial charge >= 0.3 is 12.3 Å². The molecule has 2 aromatic carbocycles. The number of hydrogen-bond donors (Lipinski definition) is 0. The molecule has 0 aromatic heterocycles. The van der Waals surface area contributed by atoms with E-state index in [2.05, 4.69) is 4.74 Å². The molecule has 0 aliphatic rings. The van der Waals surface area contributed by atoms with Gasteiger partial charge in [-0.2, -0.15) is 4.31 Å². The lowest BCUT2D eigenvalue weighted by Crippen LogP contribution is -2.37. The van der Waals surface area contributed by atoms with Crippen molar-refractivity contribution in [2.24, 2.45) is 0 Å². The number of hydrogen-bond acceptors (Lipinski definition) is 7. The minimum absolute atomic E-state index is 0.0835. The van der Waals surface area contributed by atoms with Gasteiger partial charge in [0.05, 0.1) is 11.5 Å². The maximum absolute atomic E-state index is 13.3. The van der Waals surface area contributed by atoms with Gasteiger partial charge < -0.3 is 14.2 Å². The van der Waals surface area contributed by atoms with Crippen molar-refractivity contribution < 1.29 is 40.6 Å². The van der Waals surface area contributed by atoms with Crippen molar-refractivity contribution >= 4 is 27.8 Å². The summed E-state index contributed by atoms with van der Waals surface area (Å²) < 4.78 is 79.5. The van der Waals surface area contributed by atoms with Crippen molar-refractivity contribution in [1.29, 1.82) is 0 Å². The lowest BCUT2D eigenvalue weighted by molar-refractivity contribution is -0.274. The van der Waals surface area contributed by atoms with E-state index < -0.39 is 28.1 Å². The number of aryl methyl sites for hydroxylation is 1. The van der Waals surface area contributed by atoms with Gasteiger partial charge in [-0.25, -0.2) is 13.2 Å². The van der Waals surface area contributed by atoms with E-state index in [9.17, 15) is 26.4 Å². The minimum atomic E-state index is -4.86. The van der Waals surface area contributed by atoms with E-state index >= 15 is 0 Å². The molecule has 0 saturated carbocycles. The molecular formula is C25H32F3NO6S2. The Bertz CT molecular complexity index is 1120. The van der Waals surface area contributed by atoms with E-state index in [-0.39, 0.29) is 36.4 Å². The fraction of sp³-hybridized carbons (Fsp3) is 0.480. The molecule has 0 radical (unpaired) electrons. The van der Waals surface area contributed by atoms with Crippen molar-refractivity contribution in [2.75, 3.05) is 26.3 Å². The minimum Gasteiger partial charge on any atom is -0.482 e. The van der Waals surface area contributed by atoms with Gasteiger partial charge in [0.25, 0.3) is 0 Å². The summed E-state index contributed by atoms with van der Waals surface area (Å²) in [4.78, 5) is 12.3. The predicted octanol–water partition coefficient (Wildman–Crippen LogP) is 5.81. The molecule has 206 valence electrons. The van der Waals surface area contributed by atoms with E-state index in [0.29, 0.717) is 18.6 Å². The van der Waals surface area contributed by atoms with Gasteiger partial charge in [-0.05, 0) is 74.7 Å². The van der Waals surface area contributed by atoms with Crippen molar-refractivity contribution in [2.45, 2.75) is 61.9 Å². The Kier molecular flexibility index (Phi) is 11.6. The molecule has 0 spiro atoms. The van der Waals surface area contributed by atoms with Crippen LogP contribution in [0.5, 0.6) is 11.5 Å². The highest BCUT2D eigenvalue weighted by molar-refractivity contribution is 8.00. The topological polar surface area (TPSA) is 82.1 Å². The van der Waals surface area contributed by atoms with Crippen LogP contribution in [-0.4, -0.2) is 56.6 Å². The van der Waals surface area contributed by atoms with E-state index in [0.717, 1.165) is 34.7 Å². The Morgan fingerprint density at radius 1 is 1.08 bits per heavy atom. The second kappa shape index (κ2) is 13.9. The van der Waals surface area contributed by atoms with Crippen LogP contribution >= 0.6 is 11.8 Å². The fourth-order valence-electron chi connectivity index (χ4n) is 3.39. The third kappa shape index (κ3) is 9.75. The number of halogens is 3. The van der Waals surface area contributed by atoms with Gasteiger partial charge in [0, 0.05) is 23.2 Å². The Morgan fingerprint density at radius 3 is 2.30 bits per heavy atom. The van der Waals surface area contributed by atoms with Gasteiger partial charge in [-0.3, -0.25) is 0 Å². The molecular weight excluding hydrogens is 531 g/mol. The first-order valence-corrected chi connectivity index (χ1v) is 14.1. The summed E-state index contributed by atoms with van der Waals surface area (Å²) in [5.41, 5.74) is 0.823. The number of alkyl halides is 3. The van der Waals surface area contributed by atoms with Crippen LogP contribution in [0.4, 0.5) is 13.2 Å². The third-order valence-corrected chi connectivity index (χ3v) is 8.35. The highest BCUT2D eigenvalue weighted by atomic mass is 32.2. The molecule has 0 heterocycles. The first-order chi connectivity index (χ1) is 17.4. The van der Waals surface area contributed by atoms with Crippen molar-refractivity contribution in [3.63, 3.8) is 0 Å².